The predicted molar refractivity (Wildman–Crippen MR) is 151 cm³/mol. The normalized spacial score (nSPS) is 15.8. The van der Waals surface area contributed by atoms with E-state index in [1.54, 1.807) is 24.4 Å². The SMILES string of the molecule is COc1cc([C@H](c2c[nH]c3ccccc23)C2C(=O)OC(C)(C)OC2=O)cc(I)c1OCc1ccccc1C#N. The number of cyclic esters (lactones) is 2. The minimum absolute atomic E-state index is 0.164. The molecule has 0 bridgehead atoms. The van der Waals surface area contributed by atoms with Crippen molar-refractivity contribution in [1.29, 1.82) is 5.26 Å². The number of methoxy groups -OCH3 is 1. The van der Waals surface area contributed by atoms with E-state index in [2.05, 4.69) is 33.6 Å². The standard InChI is InChI=1S/C30H25IN2O6/c1-30(2)38-28(34)26(29(35)39-30)25(21-15-33-23-11-7-6-10-20(21)23)19-12-22(31)27(24(13-19)36-3)37-16-18-9-5-4-8-17(18)14-32/h4-13,15,25-26,33H,16H2,1-3H3/t25-/m1/s1. The Morgan fingerprint density at radius 3 is 2.49 bits per heavy atom. The number of aromatic amines is 1. The molecule has 1 aliphatic heterocycles. The number of aromatic nitrogens is 1. The molecule has 0 unspecified atom stereocenters. The highest BCUT2D eigenvalue weighted by molar-refractivity contribution is 14.1. The molecule has 1 N–H and O–H groups in total. The molecule has 9 heteroatoms. The van der Waals surface area contributed by atoms with Gasteiger partial charge in [-0.25, -0.2) is 0 Å². The van der Waals surface area contributed by atoms with Gasteiger partial charge in [0, 0.05) is 42.4 Å². The lowest BCUT2D eigenvalue weighted by atomic mass is 9.80. The molecule has 39 heavy (non-hydrogen) atoms. The molecule has 198 valence electrons. The first-order valence-electron chi connectivity index (χ1n) is 12.2. The molecule has 3 aromatic carbocycles. The van der Waals surface area contributed by atoms with Crippen LogP contribution in [0, 0.1) is 20.8 Å². The van der Waals surface area contributed by atoms with Gasteiger partial charge in [-0.1, -0.05) is 36.4 Å². The quantitative estimate of drug-likeness (QED) is 0.155. The van der Waals surface area contributed by atoms with Crippen LogP contribution in [0.3, 0.4) is 0 Å². The number of esters is 2. The predicted octanol–water partition coefficient (Wildman–Crippen LogP) is 5.82. The van der Waals surface area contributed by atoms with Crippen molar-refractivity contribution < 1.29 is 28.5 Å². The number of ether oxygens (including phenoxy) is 4. The Morgan fingerprint density at radius 1 is 1.08 bits per heavy atom. The van der Waals surface area contributed by atoms with Crippen molar-refractivity contribution in [2.75, 3.05) is 7.11 Å². The number of nitrogens with one attached hydrogen (secondary N) is 1. The summed E-state index contributed by atoms with van der Waals surface area (Å²) in [7, 11) is 1.53. The van der Waals surface area contributed by atoms with Gasteiger partial charge in [0.15, 0.2) is 17.4 Å². The van der Waals surface area contributed by atoms with Crippen LogP contribution in [-0.4, -0.2) is 29.8 Å². The Balaban J connectivity index is 1.60. The number of nitrogens with zero attached hydrogens (tertiary/aromatic N) is 1. The Kier molecular flexibility index (Phi) is 7.23. The minimum atomic E-state index is -1.35. The van der Waals surface area contributed by atoms with E-state index in [9.17, 15) is 14.9 Å². The van der Waals surface area contributed by atoms with Crippen molar-refractivity contribution in [3.63, 3.8) is 0 Å². The summed E-state index contributed by atoms with van der Waals surface area (Å²) in [6.07, 6.45) is 1.80. The molecule has 0 radical (unpaired) electrons. The van der Waals surface area contributed by atoms with E-state index in [1.807, 2.05) is 42.5 Å². The van der Waals surface area contributed by atoms with Gasteiger partial charge in [0.2, 0.25) is 0 Å². The summed E-state index contributed by atoms with van der Waals surface area (Å²) in [6, 6.07) is 20.7. The van der Waals surface area contributed by atoms with E-state index < -0.39 is 29.6 Å². The van der Waals surface area contributed by atoms with Crippen molar-refractivity contribution in [1.82, 2.24) is 4.98 Å². The fourth-order valence-electron chi connectivity index (χ4n) is 4.87. The first-order chi connectivity index (χ1) is 18.7. The Morgan fingerprint density at radius 2 is 1.77 bits per heavy atom. The van der Waals surface area contributed by atoms with Gasteiger partial charge >= 0.3 is 11.9 Å². The van der Waals surface area contributed by atoms with E-state index >= 15 is 0 Å². The van der Waals surface area contributed by atoms with Crippen LogP contribution in [0.2, 0.25) is 0 Å². The van der Waals surface area contributed by atoms with Crippen molar-refractivity contribution in [2.45, 2.75) is 32.2 Å². The Hall–Kier alpha value is -4.04. The number of carbonyl (C=O) groups is 2. The summed E-state index contributed by atoms with van der Waals surface area (Å²) in [6.45, 7) is 3.22. The molecule has 1 atom stereocenters. The van der Waals surface area contributed by atoms with Crippen LogP contribution in [0.25, 0.3) is 10.9 Å². The molecule has 5 rings (SSSR count). The zero-order valence-electron chi connectivity index (χ0n) is 21.5. The van der Waals surface area contributed by atoms with Crippen LogP contribution in [0.1, 0.15) is 42.0 Å². The fourth-order valence-corrected chi connectivity index (χ4v) is 5.65. The van der Waals surface area contributed by atoms with Crippen molar-refractivity contribution in [3.05, 3.63) is 92.7 Å². The first-order valence-corrected chi connectivity index (χ1v) is 13.3. The molecule has 0 saturated carbocycles. The summed E-state index contributed by atoms with van der Waals surface area (Å²) in [5, 5.41) is 10.3. The third-order valence-electron chi connectivity index (χ3n) is 6.61. The summed E-state index contributed by atoms with van der Waals surface area (Å²) in [5.41, 5.74) is 3.55. The average molecular weight is 636 g/mol. The highest BCUT2D eigenvalue weighted by atomic mass is 127. The lowest BCUT2D eigenvalue weighted by Crippen LogP contribution is -2.48. The summed E-state index contributed by atoms with van der Waals surface area (Å²) >= 11 is 2.14. The molecule has 1 saturated heterocycles. The van der Waals surface area contributed by atoms with Crippen LogP contribution >= 0.6 is 22.6 Å². The lowest BCUT2D eigenvalue weighted by Gasteiger charge is -2.36. The molecule has 1 aromatic heterocycles. The van der Waals surface area contributed by atoms with Gasteiger partial charge in [-0.05, 0) is 58.0 Å². The van der Waals surface area contributed by atoms with E-state index in [1.165, 1.54) is 21.0 Å². The van der Waals surface area contributed by atoms with E-state index in [4.69, 9.17) is 18.9 Å². The molecule has 8 nitrogen and oxygen atoms in total. The highest BCUT2D eigenvalue weighted by Crippen LogP contribution is 2.44. The van der Waals surface area contributed by atoms with Crippen molar-refractivity contribution >= 4 is 45.4 Å². The van der Waals surface area contributed by atoms with E-state index in [0.29, 0.717) is 26.2 Å². The number of rotatable bonds is 7. The monoisotopic (exact) mass is 636 g/mol. The molecule has 1 fully saturated rings. The zero-order valence-corrected chi connectivity index (χ0v) is 23.6. The number of para-hydroxylation sites is 1. The maximum atomic E-state index is 13.3. The van der Waals surface area contributed by atoms with Gasteiger partial charge < -0.3 is 23.9 Å². The number of carbonyl (C=O) groups excluding carboxylic acids is 2. The zero-order chi connectivity index (χ0) is 27.7. The van der Waals surface area contributed by atoms with E-state index in [-0.39, 0.29) is 6.61 Å². The van der Waals surface area contributed by atoms with Crippen LogP contribution in [0.15, 0.2) is 66.9 Å². The maximum absolute atomic E-state index is 13.3. The summed E-state index contributed by atoms with van der Waals surface area (Å²) < 4.78 is 23.6. The molecule has 0 aliphatic carbocycles. The average Bonchev–Trinajstić information content (AvgIpc) is 3.33. The largest absolute Gasteiger partial charge is 0.493 e. The second-order valence-corrected chi connectivity index (χ2v) is 10.7. The van der Waals surface area contributed by atoms with Gasteiger partial charge in [0.05, 0.1) is 22.3 Å². The first kappa shape index (κ1) is 26.6. The third kappa shape index (κ3) is 5.16. The third-order valence-corrected chi connectivity index (χ3v) is 7.41. The second-order valence-electron chi connectivity index (χ2n) is 9.58. The molecule has 4 aromatic rings. The molecule has 2 heterocycles. The van der Waals surface area contributed by atoms with Gasteiger partial charge in [-0.2, -0.15) is 5.26 Å². The Labute approximate surface area is 239 Å². The number of hydrogen-bond donors (Lipinski definition) is 1. The van der Waals surface area contributed by atoms with Crippen LogP contribution < -0.4 is 9.47 Å². The maximum Gasteiger partial charge on any atom is 0.324 e. The van der Waals surface area contributed by atoms with Crippen molar-refractivity contribution in [2.24, 2.45) is 5.92 Å². The van der Waals surface area contributed by atoms with Crippen molar-refractivity contribution in [3.8, 4) is 17.6 Å². The summed E-state index contributed by atoms with van der Waals surface area (Å²) in [5.74, 6) is -3.71. The second kappa shape index (κ2) is 10.6. The Bertz CT molecular complexity index is 1600. The van der Waals surface area contributed by atoms with Gasteiger partial charge in [-0.3, -0.25) is 9.59 Å². The van der Waals surface area contributed by atoms with Gasteiger partial charge in [-0.15, -0.1) is 0 Å². The number of hydrogen-bond acceptors (Lipinski definition) is 7. The fraction of sp³-hybridized carbons (Fsp3) is 0.233. The van der Waals surface area contributed by atoms with Crippen LogP contribution in [0.4, 0.5) is 0 Å². The smallest absolute Gasteiger partial charge is 0.324 e. The van der Waals surface area contributed by atoms with Gasteiger partial charge in [0.25, 0.3) is 5.79 Å². The summed E-state index contributed by atoms with van der Waals surface area (Å²) in [4.78, 5) is 29.8. The van der Waals surface area contributed by atoms with Gasteiger partial charge in [0.1, 0.15) is 6.61 Å². The van der Waals surface area contributed by atoms with Crippen LogP contribution in [-0.2, 0) is 25.7 Å². The lowest BCUT2D eigenvalue weighted by molar-refractivity contribution is -0.240. The topological polar surface area (TPSA) is 111 Å². The molecule has 1 aliphatic rings. The molecule has 0 amide bonds. The van der Waals surface area contributed by atoms with Crippen LogP contribution in [0.5, 0.6) is 11.5 Å². The minimum Gasteiger partial charge on any atom is -0.493 e. The molecular formula is C30H25IN2O6. The number of halogens is 1. The number of fused-ring (bicyclic) bond motifs is 1. The number of nitriles is 1. The highest BCUT2D eigenvalue weighted by Gasteiger charge is 2.49. The molecular weight excluding hydrogens is 611 g/mol. The number of benzene rings is 3. The number of H-pyrrole nitrogens is 1. The molecule has 0 spiro atoms. The van der Waals surface area contributed by atoms with E-state index in [0.717, 1.165) is 22.0 Å².